The van der Waals surface area contributed by atoms with Crippen molar-refractivity contribution in [1.29, 1.82) is 0 Å². The summed E-state index contributed by atoms with van der Waals surface area (Å²) in [5.74, 6) is -0.962. The van der Waals surface area contributed by atoms with E-state index >= 15 is 0 Å². The summed E-state index contributed by atoms with van der Waals surface area (Å²) in [7, 11) is 4.89. The predicted molar refractivity (Wildman–Crippen MR) is 165 cm³/mol. The standard InChI is InChI=1S/C34H41N3O6/c1-23(2)20-29(37(3)4)32(39)36-30(33(40)35-28(34(41)42-5)21-24-12-8-6-9-13-24)31(26-14-10-7-11-15-26)43-27-18-16-25(22-38)17-19-27/h6-19,22-23,28-31H,20-21H2,1-5H3,(H,35,40)(H,36,39)/t28-,29-,30-,31-/m0/s1. The third kappa shape index (κ3) is 9.78. The van der Waals surface area contributed by atoms with Gasteiger partial charge in [-0.2, -0.15) is 0 Å². The number of aldehydes is 1. The maximum atomic E-state index is 14.1. The third-order valence-corrected chi connectivity index (χ3v) is 7.00. The van der Waals surface area contributed by atoms with E-state index in [1.54, 1.807) is 36.4 Å². The fourth-order valence-electron chi connectivity index (χ4n) is 4.72. The number of methoxy groups -OCH3 is 1. The minimum atomic E-state index is -1.24. The van der Waals surface area contributed by atoms with Gasteiger partial charge in [0.25, 0.3) is 0 Å². The largest absolute Gasteiger partial charge is 0.483 e. The van der Waals surface area contributed by atoms with Crippen LogP contribution in [-0.4, -0.2) is 68.3 Å². The highest BCUT2D eigenvalue weighted by atomic mass is 16.5. The second-order valence-corrected chi connectivity index (χ2v) is 11.0. The molecule has 9 nitrogen and oxygen atoms in total. The van der Waals surface area contributed by atoms with E-state index in [2.05, 4.69) is 10.6 Å². The van der Waals surface area contributed by atoms with Crippen LogP contribution in [-0.2, 0) is 25.5 Å². The van der Waals surface area contributed by atoms with Crippen molar-refractivity contribution in [3.63, 3.8) is 0 Å². The Labute approximate surface area is 253 Å². The van der Waals surface area contributed by atoms with E-state index in [0.29, 0.717) is 23.3 Å². The molecule has 0 aliphatic rings. The monoisotopic (exact) mass is 587 g/mol. The van der Waals surface area contributed by atoms with Gasteiger partial charge in [0, 0.05) is 12.0 Å². The average Bonchev–Trinajstić information content (AvgIpc) is 3.01. The van der Waals surface area contributed by atoms with E-state index in [0.717, 1.165) is 11.8 Å². The van der Waals surface area contributed by atoms with Crippen LogP contribution in [0.3, 0.4) is 0 Å². The predicted octanol–water partition coefficient (Wildman–Crippen LogP) is 3.98. The summed E-state index contributed by atoms with van der Waals surface area (Å²) < 4.78 is 11.4. The number of hydrogen-bond donors (Lipinski definition) is 2. The van der Waals surface area contributed by atoms with Crippen molar-refractivity contribution in [2.75, 3.05) is 21.2 Å². The summed E-state index contributed by atoms with van der Waals surface area (Å²) in [5.41, 5.74) is 1.93. The molecule has 0 bridgehead atoms. The Morgan fingerprint density at radius 3 is 1.98 bits per heavy atom. The second-order valence-electron chi connectivity index (χ2n) is 11.0. The van der Waals surface area contributed by atoms with Crippen molar-refractivity contribution in [3.05, 3.63) is 102 Å². The van der Waals surface area contributed by atoms with Crippen molar-refractivity contribution in [2.45, 2.75) is 50.9 Å². The van der Waals surface area contributed by atoms with Gasteiger partial charge in [-0.15, -0.1) is 0 Å². The summed E-state index contributed by atoms with van der Waals surface area (Å²) in [5, 5.41) is 5.76. The zero-order valence-electron chi connectivity index (χ0n) is 25.4. The average molecular weight is 588 g/mol. The molecule has 0 spiro atoms. The maximum absolute atomic E-state index is 14.1. The number of nitrogens with zero attached hydrogens (tertiary/aromatic N) is 1. The molecule has 43 heavy (non-hydrogen) atoms. The molecule has 0 aliphatic carbocycles. The van der Waals surface area contributed by atoms with Crippen molar-refractivity contribution >= 4 is 24.1 Å². The number of benzene rings is 3. The molecule has 2 N–H and O–H groups in total. The lowest BCUT2D eigenvalue weighted by Gasteiger charge is -2.32. The molecule has 0 saturated carbocycles. The zero-order chi connectivity index (χ0) is 31.4. The number of carbonyl (C=O) groups is 4. The van der Waals surface area contributed by atoms with Crippen molar-refractivity contribution < 1.29 is 28.7 Å². The van der Waals surface area contributed by atoms with E-state index < -0.39 is 36.1 Å². The molecule has 0 unspecified atom stereocenters. The topological polar surface area (TPSA) is 114 Å². The molecule has 3 aromatic rings. The van der Waals surface area contributed by atoms with Gasteiger partial charge in [0.1, 0.15) is 24.1 Å². The quantitative estimate of drug-likeness (QED) is 0.204. The van der Waals surface area contributed by atoms with Gasteiger partial charge in [-0.05, 0) is 61.8 Å². The van der Waals surface area contributed by atoms with E-state index in [9.17, 15) is 19.2 Å². The van der Waals surface area contributed by atoms with E-state index in [-0.39, 0.29) is 18.2 Å². The molecular weight excluding hydrogens is 546 g/mol. The van der Waals surface area contributed by atoms with Crippen molar-refractivity contribution in [1.82, 2.24) is 15.5 Å². The molecule has 0 radical (unpaired) electrons. The molecular formula is C34H41N3O6. The Bertz CT molecular complexity index is 1330. The van der Waals surface area contributed by atoms with Gasteiger partial charge >= 0.3 is 5.97 Å². The first-order valence-electron chi connectivity index (χ1n) is 14.3. The van der Waals surface area contributed by atoms with Crippen LogP contribution in [0.2, 0.25) is 0 Å². The molecule has 0 heterocycles. The summed E-state index contributed by atoms with van der Waals surface area (Å²) in [6.07, 6.45) is 0.502. The number of esters is 1. The number of likely N-dealkylation sites (N-methyl/N-ethyl adjacent to an activating group) is 1. The van der Waals surface area contributed by atoms with E-state index in [4.69, 9.17) is 9.47 Å². The third-order valence-electron chi connectivity index (χ3n) is 7.00. The van der Waals surface area contributed by atoms with Crippen LogP contribution in [0.15, 0.2) is 84.9 Å². The van der Waals surface area contributed by atoms with Gasteiger partial charge in [0.15, 0.2) is 6.10 Å². The summed E-state index contributed by atoms with van der Waals surface area (Å²) in [4.78, 5) is 53.7. The Balaban J connectivity index is 2.04. The highest BCUT2D eigenvalue weighted by Crippen LogP contribution is 2.26. The fourth-order valence-corrected chi connectivity index (χ4v) is 4.72. The van der Waals surface area contributed by atoms with Crippen LogP contribution in [0.25, 0.3) is 0 Å². The van der Waals surface area contributed by atoms with E-state index in [1.807, 2.05) is 81.4 Å². The highest BCUT2D eigenvalue weighted by Gasteiger charge is 2.37. The first-order chi connectivity index (χ1) is 20.6. The second kappa shape index (κ2) is 16.2. The maximum Gasteiger partial charge on any atom is 0.328 e. The van der Waals surface area contributed by atoms with Crippen LogP contribution in [0.1, 0.15) is 47.9 Å². The Kier molecular flexibility index (Phi) is 12.5. The van der Waals surface area contributed by atoms with Crippen LogP contribution in [0, 0.1) is 5.92 Å². The van der Waals surface area contributed by atoms with Crippen molar-refractivity contribution in [2.24, 2.45) is 5.92 Å². The molecule has 9 heteroatoms. The molecule has 0 aliphatic heterocycles. The smallest absolute Gasteiger partial charge is 0.328 e. The van der Waals surface area contributed by atoms with Gasteiger partial charge in [0.05, 0.1) is 13.2 Å². The van der Waals surface area contributed by atoms with Crippen LogP contribution >= 0.6 is 0 Å². The number of hydrogen-bond acceptors (Lipinski definition) is 7. The fraction of sp³-hybridized carbons (Fsp3) is 0.353. The molecule has 0 fully saturated rings. The van der Waals surface area contributed by atoms with Crippen LogP contribution < -0.4 is 15.4 Å². The highest BCUT2D eigenvalue weighted by molar-refractivity contribution is 5.92. The number of ether oxygens (including phenoxy) is 2. The first-order valence-corrected chi connectivity index (χ1v) is 14.3. The molecule has 2 amide bonds. The van der Waals surface area contributed by atoms with E-state index in [1.165, 1.54) is 7.11 Å². The lowest BCUT2D eigenvalue weighted by atomic mass is 9.97. The van der Waals surface area contributed by atoms with Gasteiger partial charge in [0.2, 0.25) is 11.8 Å². The van der Waals surface area contributed by atoms with Gasteiger partial charge in [-0.3, -0.25) is 19.3 Å². The Morgan fingerprint density at radius 1 is 0.837 bits per heavy atom. The Hall–Kier alpha value is -4.50. The molecule has 3 aromatic carbocycles. The lowest BCUT2D eigenvalue weighted by Crippen LogP contribution is -2.58. The van der Waals surface area contributed by atoms with Crippen LogP contribution in [0.4, 0.5) is 0 Å². The molecule has 228 valence electrons. The van der Waals surface area contributed by atoms with Gasteiger partial charge in [-0.1, -0.05) is 74.5 Å². The summed E-state index contributed by atoms with van der Waals surface area (Å²) in [6.45, 7) is 4.05. The summed E-state index contributed by atoms with van der Waals surface area (Å²) >= 11 is 0. The lowest BCUT2D eigenvalue weighted by molar-refractivity contribution is -0.145. The minimum Gasteiger partial charge on any atom is -0.483 e. The first kappa shape index (κ1) is 33.0. The number of rotatable bonds is 15. The molecule has 0 aromatic heterocycles. The van der Waals surface area contributed by atoms with Gasteiger partial charge in [-0.25, -0.2) is 4.79 Å². The zero-order valence-corrected chi connectivity index (χ0v) is 25.4. The summed E-state index contributed by atoms with van der Waals surface area (Å²) in [6, 6.07) is 22.0. The van der Waals surface area contributed by atoms with Crippen molar-refractivity contribution in [3.8, 4) is 5.75 Å². The molecule has 3 rings (SSSR count). The number of carbonyl (C=O) groups excluding carboxylic acids is 4. The normalized spacial score (nSPS) is 13.8. The number of nitrogens with one attached hydrogen (secondary N) is 2. The van der Waals surface area contributed by atoms with Gasteiger partial charge < -0.3 is 20.1 Å². The SMILES string of the molecule is COC(=O)[C@H](Cc1ccccc1)NC(=O)[C@@H](NC(=O)[C@H](CC(C)C)N(C)C)[C@@H](Oc1ccc(C=O)cc1)c1ccccc1. The van der Waals surface area contributed by atoms with Crippen LogP contribution in [0.5, 0.6) is 5.75 Å². The minimum absolute atomic E-state index is 0.192. The molecule has 0 saturated heterocycles. The molecule has 4 atom stereocenters. The Morgan fingerprint density at radius 2 is 1.44 bits per heavy atom. The number of amides is 2.